The Labute approximate surface area is 101 Å². The van der Waals surface area contributed by atoms with Gasteiger partial charge in [-0.15, -0.1) is 0 Å². The summed E-state index contributed by atoms with van der Waals surface area (Å²) in [6, 6.07) is 3.13. The predicted octanol–water partition coefficient (Wildman–Crippen LogP) is 0.872. The average molecular weight is 247 g/mol. The summed E-state index contributed by atoms with van der Waals surface area (Å²) < 4.78 is 5.99. The molecule has 0 bridgehead atoms. The van der Waals surface area contributed by atoms with Crippen LogP contribution in [0.3, 0.4) is 0 Å². The van der Waals surface area contributed by atoms with Gasteiger partial charge in [0.05, 0.1) is 23.7 Å². The predicted molar refractivity (Wildman–Crippen MR) is 61.6 cm³/mol. The van der Waals surface area contributed by atoms with Crippen molar-refractivity contribution in [2.75, 3.05) is 6.61 Å². The molecule has 6 heteroatoms. The third-order valence-electron chi connectivity index (χ3n) is 3.03. The number of pyridine rings is 1. The zero-order valence-electron chi connectivity index (χ0n) is 9.21. The van der Waals surface area contributed by atoms with E-state index in [0.29, 0.717) is 23.5 Å². The van der Waals surface area contributed by atoms with Gasteiger partial charge in [-0.25, -0.2) is 4.79 Å². The van der Waals surface area contributed by atoms with E-state index in [2.05, 4.69) is 0 Å². The summed E-state index contributed by atoms with van der Waals surface area (Å²) in [5.41, 5.74) is 0.0890. The van der Waals surface area contributed by atoms with Crippen LogP contribution in [0.25, 0.3) is 10.9 Å². The second kappa shape index (κ2) is 3.49. The van der Waals surface area contributed by atoms with Crippen LogP contribution in [0.1, 0.15) is 15.9 Å². The number of hydrogen-bond acceptors (Lipinski definition) is 4. The van der Waals surface area contributed by atoms with Crippen LogP contribution in [0.4, 0.5) is 0 Å². The molecule has 0 atom stereocenters. The summed E-state index contributed by atoms with van der Waals surface area (Å²) >= 11 is 0. The van der Waals surface area contributed by atoms with E-state index in [4.69, 9.17) is 9.84 Å². The number of carboxylic acids is 1. The van der Waals surface area contributed by atoms with Crippen molar-refractivity contribution in [2.24, 2.45) is 0 Å². The van der Waals surface area contributed by atoms with Gasteiger partial charge in [0.15, 0.2) is 0 Å². The summed E-state index contributed by atoms with van der Waals surface area (Å²) in [5.74, 6) is -0.798. The van der Waals surface area contributed by atoms with Crippen molar-refractivity contribution in [3.05, 3.63) is 39.7 Å². The van der Waals surface area contributed by atoms with Crippen molar-refractivity contribution in [1.29, 1.82) is 0 Å². The third-order valence-corrected chi connectivity index (χ3v) is 3.03. The number of carbonyl (C=O) groups is 1. The molecule has 0 radical (unpaired) electrons. The van der Waals surface area contributed by atoms with Gasteiger partial charge in [0, 0.05) is 6.42 Å². The van der Waals surface area contributed by atoms with Gasteiger partial charge in [0.1, 0.15) is 11.3 Å². The minimum absolute atomic E-state index is 0.137. The Balaban J connectivity index is 2.43. The maximum Gasteiger partial charge on any atom is 0.341 e. The van der Waals surface area contributed by atoms with Crippen molar-refractivity contribution in [3.63, 3.8) is 0 Å². The van der Waals surface area contributed by atoms with Crippen LogP contribution in [0.5, 0.6) is 5.75 Å². The number of nitrogens with zero attached hydrogens (tertiary/aromatic N) is 1. The molecule has 0 unspecified atom stereocenters. The molecule has 3 rings (SSSR count). The highest BCUT2D eigenvalue weighted by Crippen LogP contribution is 2.29. The van der Waals surface area contributed by atoms with Gasteiger partial charge < -0.3 is 15.1 Å². The number of hydrogen-bond donors (Lipinski definition) is 2. The number of ether oxygens (including phenoxy) is 1. The van der Waals surface area contributed by atoms with Crippen LogP contribution in [0.2, 0.25) is 0 Å². The second-order valence-corrected chi connectivity index (χ2v) is 4.10. The monoisotopic (exact) mass is 247 g/mol. The van der Waals surface area contributed by atoms with Gasteiger partial charge in [-0.1, -0.05) is 0 Å². The Morgan fingerprint density at radius 2 is 2.17 bits per heavy atom. The van der Waals surface area contributed by atoms with Crippen molar-refractivity contribution >= 4 is 16.9 Å². The normalized spacial score (nSPS) is 13.3. The largest absolute Gasteiger partial charge is 0.493 e. The molecule has 0 saturated carbocycles. The molecule has 0 fully saturated rings. The Morgan fingerprint density at radius 3 is 2.89 bits per heavy atom. The fourth-order valence-corrected chi connectivity index (χ4v) is 2.13. The molecule has 92 valence electrons. The van der Waals surface area contributed by atoms with E-state index in [1.165, 1.54) is 6.07 Å². The van der Waals surface area contributed by atoms with Crippen molar-refractivity contribution in [1.82, 2.24) is 4.73 Å². The summed E-state index contributed by atoms with van der Waals surface area (Å²) in [4.78, 5) is 22.9. The SMILES string of the molecule is O=C(O)c1cn(O)c2cc3c(cc2c1=O)OCC3. The number of fused-ring (bicyclic) bond motifs is 2. The van der Waals surface area contributed by atoms with E-state index >= 15 is 0 Å². The van der Waals surface area contributed by atoms with Crippen LogP contribution in [-0.4, -0.2) is 27.6 Å². The average Bonchev–Trinajstić information content (AvgIpc) is 2.78. The lowest BCUT2D eigenvalue weighted by Crippen LogP contribution is -2.18. The summed E-state index contributed by atoms with van der Waals surface area (Å²) in [6.07, 6.45) is 1.62. The van der Waals surface area contributed by atoms with Gasteiger partial charge in [-0.2, -0.15) is 4.73 Å². The number of aromatic carboxylic acids is 1. The van der Waals surface area contributed by atoms with E-state index in [1.54, 1.807) is 6.07 Å². The molecule has 18 heavy (non-hydrogen) atoms. The van der Waals surface area contributed by atoms with Crippen LogP contribution in [-0.2, 0) is 6.42 Å². The van der Waals surface area contributed by atoms with E-state index in [-0.39, 0.29) is 10.9 Å². The Hall–Kier alpha value is -2.50. The zero-order valence-corrected chi connectivity index (χ0v) is 9.21. The Morgan fingerprint density at radius 1 is 1.39 bits per heavy atom. The molecular formula is C12H9NO5. The summed E-state index contributed by atoms with van der Waals surface area (Å²) in [5, 5.41) is 18.8. The first-order valence-electron chi connectivity index (χ1n) is 5.35. The molecule has 1 aliphatic heterocycles. The smallest absolute Gasteiger partial charge is 0.341 e. The molecule has 2 N–H and O–H groups in total. The van der Waals surface area contributed by atoms with Crippen molar-refractivity contribution in [3.8, 4) is 5.75 Å². The molecule has 1 aromatic carbocycles. The first-order valence-corrected chi connectivity index (χ1v) is 5.35. The fraction of sp³-hybridized carbons (Fsp3) is 0.167. The minimum atomic E-state index is -1.37. The molecule has 6 nitrogen and oxygen atoms in total. The standard InChI is InChI=1S/C12H9NO5/c14-11-7-4-10-6(1-2-18-10)3-9(7)13(17)5-8(11)12(15)16/h3-5,17H,1-2H2,(H,15,16). The molecule has 1 aromatic heterocycles. The van der Waals surface area contributed by atoms with Gasteiger partial charge >= 0.3 is 5.97 Å². The highest BCUT2D eigenvalue weighted by Gasteiger charge is 2.19. The molecule has 0 spiro atoms. The third kappa shape index (κ3) is 1.35. The number of aromatic nitrogens is 1. The fourth-order valence-electron chi connectivity index (χ4n) is 2.13. The van der Waals surface area contributed by atoms with Gasteiger partial charge in [0.2, 0.25) is 5.43 Å². The topological polar surface area (TPSA) is 88.8 Å². The Bertz CT molecular complexity index is 731. The van der Waals surface area contributed by atoms with Crippen LogP contribution in [0.15, 0.2) is 23.1 Å². The maximum atomic E-state index is 12.0. The lowest BCUT2D eigenvalue weighted by Gasteiger charge is -2.07. The number of benzene rings is 1. The summed E-state index contributed by atoms with van der Waals surface area (Å²) in [6.45, 7) is 0.525. The highest BCUT2D eigenvalue weighted by atomic mass is 16.5. The number of rotatable bonds is 1. The van der Waals surface area contributed by atoms with Gasteiger partial charge in [0.25, 0.3) is 0 Å². The molecule has 2 aromatic rings. The van der Waals surface area contributed by atoms with Crippen molar-refractivity contribution < 1.29 is 19.8 Å². The van der Waals surface area contributed by atoms with Crippen LogP contribution in [0, 0.1) is 0 Å². The van der Waals surface area contributed by atoms with E-state index in [0.717, 1.165) is 11.8 Å². The molecule has 2 heterocycles. The van der Waals surface area contributed by atoms with Gasteiger partial charge in [-0.3, -0.25) is 4.79 Å². The molecule has 0 amide bonds. The van der Waals surface area contributed by atoms with Crippen molar-refractivity contribution in [2.45, 2.75) is 6.42 Å². The van der Waals surface area contributed by atoms with Crippen LogP contribution < -0.4 is 10.2 Å². The summed E-state index contributed by atoms with van der Waals surface area (Å²) in [7, 11) is 0. The highest BCUT2D eigenvalue weighted by molar-refractivity contribution is 5.93. The van der Waals surface area contributed by atoms with E-state index in [1.807, 2.05) is 0 Å². The molecule has 1 aliphatic rings. The lowest BCUT2D eigenvalue weighted by atomic mass is 10.1. The van der Waals surface area contributed by atoms with Crippen LogP contribution >= 0.6 is 0 Å². The minimum Gasteiger partial charge on any atom is -0.493 e. The first-order chi connectivity index (χ1) is 8.58. The van der Waals surface area contributed by atoms with E-state index in [9.17, 15) is 14.8 Å². The Kier molecular flexibility index (Phi) is 2.07. The van der Waals surface area contributed by atoms with E-state index < -0.39 is 17.0 Å². The quantitative estimate of drug-likeness (QED) is 0.730. The molecule has 0 saturated heterocycles. The molecule has 0 aliphatic carbocycles. The first kappa shape index (κ1) is 10.6. The number of carboxylic acid groups (broad SMARTS) is 1. The maximum absolute atomic E-state index is 12.0. The molecular weight excluding hydrogens is 238 g/mol. The zero-order chi connectivity index (χ0) is 12.9. The van der Waals surface area contributed by atoms with Gasteiger partial charge in [-0.05, 0) is 17.7 Å². The second-order valence-electron chi connectivity index (χ2n) is 4.10. The lowest BCUT2D eigenvalue weighted by molar-refractivity contribution is 0.0691.